The number of aliphatic imine (C=N–C) groups is 1. The molecule has 1 heterocycles. The molecule has 0 radical (unpaired) electrons. The van der Waals surface area contributed by atoms with Crippen LogP contribution in [0.25, 0.3) is 0 Å². The van der Waals surface area contributed by atoms with Crippen molar-refractivity contribution in [2.45, 2.75) is 12.8 Å². The van der Waals surface area contributed by atoms with E-state index in [4.69, 9.17) is 10.5 Å². The molecule has 0 spiro atoms. The van der Waals surface area contributed by atoms with Crippen LogP contribution in [0.15, 0.2) is 29.3 Å². The van der Waals surface area contributed by atoms with E-state index in [1.807, 2.05) is 0 Å². The molecule has 0 bridgehead atoms. The number of halogens is 3. The van der Waals surface area contributed by atoms with Crippen molar-refractivity contribution >= 4 is 11.6 Å². The first kappa shape index (κ1) is 15.4. The van der Waals surface area contributed by atoms with Crippen molar-refractivity contribution in [3.8, 4) is 5.75 Å². The van der Waals surface area contributed by atoms with Crippen molar-refractivity contribution in [3.63, 3.8) is 0 Å². The van der Waals surface area contributed by atoms with Crippen molar-refractivity contribution in [1.82, 2.24) is 0 Å². The van der Waals surface area contributed by atoms with Crippen molar-refractivity contribution in [2.75, 3.05) is 25.1 Å². The Labute approximate surface area is 119 Å². The highest BCUT2D eigenvalue weighted by Crippen LogP contribution is 2.23. The van der Waals surface area contributed by atoms with E-state index in [0.717, 1.165) is 13.0 Å². The standard InChI is InChI=1S/C13H16F3N3O2/c14-13(15,16)21-11-3-1-10(2-4-11)19-12(17)18-7-9-5-6-20-8-9/h1-4,9H,5-8H2,(H3,17,18,19). The minimum absolute atomic E-state index is 0.214. The van der Waals surface area contributed by atoms with Crippen LogP contribution >= 0.6 is 0 Å². The highest BCUT2D eigenvalue weighted by molar-refractivity contribution is 5.92. The molecule has 1 atom stereocenters. The molecular weight excluding hydrogens is 287 g/mol. The van der Waals surface area contributed by atoms with Gasteiger partial charge in [0.2, 0.25) is 0 Å². The Kier molecular flexibility index (Phi) is 4.89. The Morgan fingerprint density at radius 1 is 1.38 bits per heavy atom. The number of rotatable bonds is 4. The fourth-order valence-electron chi connectivity index (χ4n) is 1.88. The summed E-state index contributed by atoms with van der Waals surface area (Å²) in [5, 5.41) is 2.81. The normalized spacial score (nSPS) is 19.6. The molecule has 1 aromatic rings. The third-order valence-electron chi connectivity index (χ3n) is 2.90. The van der Waals surface area contributed by atoms with Gasteiger partial charge >= 0.3 is 6.36 Å². The van der Waals surface area contributed by atoms with Gasteiger partial charge in [-0.2, -0.15) is 0 Å². The first-order valence-corrected chi connectivity index (χ1v) is 6.43. The Morgan fingerprint density at radius 2 is 2.10 bits per heavy atom. The van der Waals surface area contributed by atoms with Crippen LogP contribution < -0.4 is 15.8 Å². The van der Waals surface area contributed by atoms with Gasteiger partial charge in [-0.3, -0.25) is 4.99 Å². The van der Waals surface area contributed by atoms with Gasteiger partial charge < -0.3 is 20.5 Å². The predicted octanol–water partition coefficient (Wildman–Crippen LogP) is 2.35. The minimum atomic E-state index is -4.70. The molecule has 1 aliphatic rings. The third kappa shape index (κ3) is 5.50. The summed E-state index contributed by atoms with van der Waals surface area (Å²) < 4.78 is 45.0. The molecule has 1 saturated heterocycles. The number of nitrogens with zero attached hydrogens (tertiary/aromatic N) is 1. The van der Waals surface area contributed by atoms with Crippen LogP contribution in [0.2, 0.25) is 0 Å². The van der Waals surface area contributed by atoms with Crippen LogP contribution in [0.4, 0.5) is 18.9 Å². The molecule has 0 saturated carbocycles. The second-order valence-electron chi connectivity index (χ2n) is 4.65. The fraction of sp³-hybridized carbons (Fsp3) is 0.462. The van der Waals surface area contributed by atoms with Crippen LogP contribution in [-0.2, 0) is 4.74 Å². The van der Waals surface area contributed by atoms with E-state index in [1.54, 1.807) is 0 Å². The number of anilines is 1. The SMILES string of the molecule is NC(=NCC1CCOC1)Nc1ccc(OC(F)(F)F)cc1. The maximum absolute atomic E-state index is 12.0. The zero-order valence-electron chi connectivity index (χ0n) is 11.2. The zero-order chi connectivity index (χ0) is 15.3. The van der Waals surface area contributed by atoms with Gasteiger partial charge in [-0.25, -0.2) is 0 Å². The van der Waals surface area contributed by atoms with E-state index in [1.165, 1.54) is 24.3 Å². The van der Waals surface area contributed by atoms with E-state index in [0.29, 0.717) is 24.8 Å². The number of ether oxygens (including phenoxy) is 2. The van der Waals surface area contributed by atoms with Crippen molar-refractivity contribution < 1.29 is 22.6 Å². The summed E-state index contributed by atoms with van der Waals surface area (Å²) in [6.07, 6.45) is -3.74. The van der Waals surface area contributed by atoms with Gasteiger partial charge in [0.05, 0.1) is 6.61 Å². The fourth-order valence-corrected chi connectivity index (χ4v) is 1.88. The van der Waals surface area contributed by atoms with Crippen molar-refractivity contribution in [1.29, 1.82) is 0 Å². The Morgan fingerprint density at radius 3 is 2.67 bits per heavy atom. The molecule has 0 aliphatic carbocycles. The summed E-state index contributed by atoms with van der Waals surface area (Å²) in [4.78, 5) is 4.18. The van der Waals surface area contributed by atoms with Crippen LogP contribution in [-0.4, -0.2) is 32.1 Å². The first-order chi connectivity index (χ1) is 9.92. The summed E-state index contributed by atoms with van der Waals surface area (Å²) in [6.45, 7) is 1.99. The number of hydrogen-bond donors (Lipinski definition) is 2. The summed E-state index contributed by atoms with van der Waals surface area (Å²) in [5.41, 5.74) is 6.25. The number of nitrogens with one attached hydrogen (secondary N) is 1. The van der Waals surface area contributed by atoms with E-state index >= 15 is 0 Å². The zero-order valence-corrected chi connectivity index (χ0v) is 11.2. The smallest absolute Gasteiger partial charge is 0.406 e. The van der Waals surface area contributed by atoms with Crippen molar-refractivity contribution in [2.24, 2.45) is 16.6 Å². The number of hydrogen-bond acceptors (Lipinski definition) is 3. The van der Waals surface area contributed by atoms with Crippen LogP contribution in [0.1, 0.15) is 6.42 Å². The Hall–Kier alpha value is -1.96. The highest BCUT2D eigenvalue weighted by atomic mass is 19.4. The van der Waals surface area contributed by atoms with Gasteiger partial charge in [0.15, 0.2) is 5.96 Å². The lowest BCUT2D eigenvalue weighted by Gasteiger charge is -2.10. The number of alkyl halides is 3. The third-order valence-corrected chi connectivity index (χ3v) is 2.90. The van der Waals surface area contributed by atoms with E-state index < -0.39 is 6.36 Å². The first-order valence-electron chi connectivity index (χ1n) is 6.43. The summed E-state index contributed by atoms with van der Waals surface area (Å²) >= 11 is 0. The van der Waals surface area contributed by atoms with Gasteiger partial charge in [-0.1, -0.05) is 0 Å². The molecule has 1 unspecified atom stereocenters. The molecule has 1 aromatic carbocycles. The van der Waals surface area contributed by atoms with Gasteiger partial charge in [0.1, 0.15) is 5.75 Å². The second-order valence-corrected chi connectivity index (χ2v) is 4.65. The van der Waals surface area contributed by atoms with E-state index in [9.17, 15) is 13.2 Å². The Bertz CT molecular complexity index is 482. The molecule has 8 heteroatoms. The average molecular weight is 303 g/mol. The maximum Gasteiger partial charge on any atom is 0.573 e. The summed E-state index contributed by atoms with van der Waals surface area (Å²) in [5.74, 6) is 0.297. The lowest BCUT2D eigenvalue weighted by Crippen LogP contribution is -2.24. The highest BCUT2D eigenvalue weighted by Gasteiger charge is 2.30. The molecular formula is C13H16F3N3O2. The number of nitrogens with two attached hydrogens (primary N) is 1. The van der Waals surface area contributed by atoms with Crippen LogP contribution in [0, 0.1) is 5.92 Å². The number of benzene rings is 1. The maximum atomic E-state index is 12.0. The monoisotopic (exact) mass is 303 g/mol. The van der Waals surface area contributed by atoms with Crippen molar-refractivity contribution in [3.05, 3.63) is 24.3 Å². The molecule has 3 N–H and O–H groups in total. The summed E-state index contributed by atoms with van der Waals surface area (Å²) in [6, 6.07) is 5.27. The van der Waals surface area contributed by atoms with E-state index in [-0.39, 0.29) is 11.7 Å². The molecule has 21 heavy (non-hydrogen) atoms. The molecule has 116 valence electrons. The average Bonchev–Trinajstić information content (AvgIpc) is 2.90. The molecule has 1 aliphatic heterocycles. The topological polar surface area (TPSA) is 68.9 Å². The largest absolute Gasteiger partial charge is 0.573 e. The van der Waals surface area contributed by atoms with Gasteiger partial charge in [-0.15, -0.1) is 13.2 Å². The second kappa shape index (κ2) is 6.66. The van der Waals surface area contributed by atoms with Crippen LogP contribution in [0.5, 0.6) is 5.75 Å². The van der Waals surface area contributed by atoms with Gasteiger partial charge in [0.25, 0.3) is 0 Å². The summed E-state index contributed by atoms with van der Waals surface area (Å²) in [7, 11) is 0. The molecule has 2 rings (SSSR count). The quantitative estimate of drug-likeness (QED) is 0.662. The minimum Gasteiger partial charge on any atom is -0.406 e. The molecule has 1 fully saturated rings. The molecule has 5 nitrogen and oxygen atoms in total. The molecule has 0 aromatic heterocycles. The van der Waals surface area contributed by atoms with Gasteiger partial charge in [0, 0.05) is 24.8 Å². The van der Waals surface area contributed by atoms with Crippen LogP contribution in [0.3, 0.4) is 0 Å². The van der Waals surface area contributed by atoms with Gasteiger partial charge in [-0.05, 0) is 30.7 Å². The van der Waals surface area contributed by atoms with E-state index in [2.05, 4.69) is 15.0 Å². The lowest BCUT2D eigenvalue weighted by molar-refractivity contribution is -0.274. The molecule has 0 amide bonds. The number of guanidine groups is 1. The predicted molar refractivity (Wildman–Crippen MR) is 72.2 cm³/mol. The Balaban J connectivity index is 1.85. The lowest BCUT2D eigenvalue weighted by atomic mass is 10.1.